The highest BCUT2D eigenvalue weighted by atomic mass is 16.5. The van der Waals surface area contributed by atoms with Crippen LogP contribution < -0.4 is 10.3 Å². The third-order valence-electron chi connectivity index (χ3n) is 6.06. The number of methoxy groups -OCH3 is 1. The summed E-state index contributed by atoms with van der Waals surface area (Å²) in [5, 5.41) is 10.8. The molecule has 168 valence electrons. The van der Waals surface area contributed by atoms with Crippen LogP contribution in [-0.2, 0) is 16.1 Å². The molecule has 0 spiro atoms. The minimum atomic E-state index is -0.417. The Morgan fingerprint density at radius 3 is 2.39 bits per heavy atom. The zero-order valence-electron chi connectivity index (χ0n) is 18.8. The van der Waals surface area contributed by atoms with Gasteiger partial charge in [-0.25, -0.2) is 0 Å². The van der Waals surface area contributed by atoms with Gasteiger partial charge < -0.3 is 19.1 Å². The van der Waals surface area contributed by atoms with Crippen molar-refractivity contribution in [3.8, 4) is 11.5 Å². The number of nitrogens with zero attached hydrogens (tertiary/aromatic N) is 2. The van der Waals surface area contributed by atoms with Crippen LogP contribution in [0.1, 0.15) is 49.6 Å². The number of likely N-dealkylation sites (tertiary alicyclic amines) is 1. The highest BCUT2D eigenvalue weighted by Gasteiger charge is 2.34. The number of pyridine rings is 1. The van der Waals surface area contributed by atoms with Crippen LogP contribution in [0.5, 0.6) is 11.5 Å². The Labute approximate surface area is 183 Å². The van der Waals surface area contributed by atoms with Crippen molar-refractivity contribution in [3.63, 3.8) is 0 Å². The van der Waals surface area contributed by atoms with E-state index in [1.165, 1.54) is 0 Å². The first-order chi connectivity index (χ1) is 14.9. The fraction of sp³-hybridized carbons (Fsp3) is 0.500. The largest absolute Gasteiger partial charge is 0.507 e. The molecule has 0 amide bonds. The molecule has 1 atom stereocenters. The van der Waals surface area contributed by atoms with Crippen molar-refractivity contribution in [3.05, 3.63) is 57.5 Å². The van der Waals surface area contributed by atoms with Gasteiger partial charge in [0.15, 0.2) is 0 Å². The van der Waals surface area contributed by atoms with Crippen LogP contribution in [0, 0.1) is 12.8 Å². The molecule has 7 nitrogen and oxygen atoms in total. The average molecular weight is 429 g/mol. The van der Waals surface area contributed by atoms with Crippen molar-refractivity contribution < 1.29 is 19.4 Å². The van der Waals surface area contributed by atoms with Crippen molar-refractivity contribution in [1.29, 1.82) is 0 Å². The number of hydrogen-bond donors (Lipinski definition) is 1. The number of rotatable bonds is 7. The smallest absolute Gasteiger partial charge is 0.309 e. The van der Waals surface area contributed by atoms with Crippen LogP contribution in [0.4, 0.5) is 0 Å². The topological polar surface area (TPSA) is 81.0 Å². The second-order valence-corrected chi connectivity index (χ2v) is 7.87. The molecule has 1 aromatic heterocycles. The SMILES string of the molecule is CCOC(=O)C1CCN(C(c2ccc(OC)cc2)c2c(O)cc(C)n(CC)c2=O)CC1. The predicted molar refractivity (Wildman–Crippen MR) is 119 cm³/mol. The Hall–Kier alpha value is -2.80. The molecule has 0 aliphatic carbocycles. The molecule has 1 aromatic carbocycles. The van der Waals surface area contributed by atoms with Gasteiger partial charge in [0, 0.05) is 12.2 Å². The number of carbonyl (C=O) groups excluding carboxylic acids is 1. The van der Waals surface area contributed by atoms with Gasteiger partial charge in [-0.05, 0) is 70.5 Å². The number of hydrogen-bond acceptors (Lipinski definition) is 6. The lowest BCUT2D eigenvalue weighted by Gasteiger charge is -2.37. The molecule has 1 aliphatic heterocycles. The maximum atomic E-state index is 13.4. The number of carbonyl (C=O) groups is 1. The van der Waals surface area contributed by atoms with Gasteiger partial charge in [-0.15, -0.1) is 0 Å². The van der Waals surface area contributed by atoms with E-state index in [0.29, 0.717) is 44.6 Å². The first-order valence-corrected chi connectivity index (χ1v) is 10.9. The molecule has 0 bridgehead atoms. The van der Waals surface area contributed by atoms with Gasteiger partial charge >= 0.3 is 5.97 Å². The number of esters is 1. The average Bonchev–Trinajstić information content (AvgIpc) is 2.77. The number of ether oxygens (including phenoxy) is 2. The van der Waals surface area contributed by atoms with Crippen LogP contribution in [0.25, 0.3) is 0 Å². The van der Waals surface area contributed by atoms with E-state index in [1.807, 2.05) is 45.0 Å². The van der Waals surface area contributed by atoms with Gasteiger partial charge in [-0.2, -0.15) is 0 Å². The summed E-state index contributed by atoms with van der Waals surface area (Å²) in [4.78, 5) is 27.7. The van der Waals surface area contributed by atoms with Gasteiger partial charge in [-0.1, -0.05) is 12.1 Å². The lowest BCUT2D eigenvalue weighted by atomic mass is 9.91. The fourth-order valence-electron chi connectivity index (χ4n) is 4.42. The summed E-state index contributed by atoms with van der Waals surface area (Å²) < 4.78 is 12.1. The van der Waals surface area contributed by atoms with E-state index in [-0.39, 0.29) is 23.2 Å². The minimum absolute atomic E-state index is 0.000495. The standard InChI is InChI=1S/C24H32N2O5/c1-5-26-16(3)15-20(27)21(23(26)28)22(17-7-9-19(30-4)10-8-17)25-13-11-18(12-14-25)24(29)31-6-2/h7-10,15,18,22,27H,5-6,11-14H2,1-4H3. The number of aryl methyl sites for hydroxylation is 1. The Bertz CT molecular complexity index is 959. The van der Waals surface area contributed by atoms with E-state index in [1.54, 1.807) is 17.7 Å². The molecule has 1 saturated heterocycles. The van der Waals surface area contributed by atoms with Gasteiger partial charge in [0.25, 0.3) is 5.56 Å². The molecular formula is C24H32N2O5. The Kier molecular flexibility index (Phi) is 7.38. The summed E-state index contributed by atoms with van der Waals surface area (Å²) in [6.45, 7) is 7.70. The lowest BCUT2D eigenvalue weighted by molar-refractivity contribution is -0.149. The molecule has 0 radical (unpaired) electrons. The predicted octanol–water partition coefficient (Wildman–Crippen LogP) is 3.26. The summed E-state index contributed by atoms with van der Waals surface area (Å²) in [6, 6.07) is 8.81. The van der Waals surface area contributed by atoms with E-state index in [9.17, 15) is 14.7 Å². The van der Waals surface area contributed by atoms with Crippen LogP contribution in [0.3, 0.4) is 0 Å². The van der Waals surface area contributed by atoms with E-state index in [4.69, 9.17) is 9.47 Å². The quantitative estimate of drug-likeness (QED) is 0.682. The summed E-state index contributed by atoms with van der Waals surface area (Å²) in [7, 11) is 1.61. The second-order valence-electron chi connectivity index (χ2n) is 7.87. The third kappa shape index (κ3) is 4.77. The molecule has 1 unspecified atom stereocenters. The maximum absolute atomic E-state index is 13.4. The fourth-order valence-corrected chi connectivity index (χ4v) is 4.42. The van der Waals surface area contributed by atoms with E-state index >= 15 is 0 Å². The minimum Gasteiger partial charge on any atom is -0.507 e. The van der Waals surface area contributed by atoms with Crippen molar-refractivity contribution in [2.45, 2.75) is 46.2 Å². The van der Waals surface area contributed by atoms with E-state index < -0.39 is 6.04 Å². The van der Waals surface area contributed by atoms with Crippen LogP contribution >= 0.6 is 0 Å². The Morgan fingerprint density at radius 1 is 1.19 bits per heavy atom. The zero-order valence-corrected chi connectivity index (χ0v) is 18.8. The van der Waals surface area contributed by atoms with Crippen LogP contribution in [0.2, 0.25) is 0 Å². The molecule has 31 heavy (non-hydrogen) atoms. The number of piperidine rings is 1. The molecule has 1 aliphatic rings. The number of aromatic hydroxyl groups is 1. The van der Waals surface area contributed by atoms with Crippen molar-refractivity contribution in [2.24, 2.45) is 5.92 Å². The highest BCUT2D eigenvalue weighted by Crippen LogP contribution is 2.36. The van der Waals surface area contributed by atoms with Gasteiger partial charge in [0.05, 0.1) is 31.2 Å². The van der Waals surface area contributed by atoms with Crippen LogP contribution in [0.15, 0.2) is 35.1 Å². The maximum Gasteiger partial charge on any atom is 0.309 e. The Balaban J connectivity index is 2.02. The molecule has 1 fully saturated rings. The van der Waals surface area contributed by atoms with Crippen LogP contribution in [-0.4, -0.2) is 47.3 Å². The molecule has 3 rings (SSSR count). The molecule has 2 heterocycles. The normalized spacial score (nSPS) is 16.1. The second kappa shape index (κ2) is 10.0. The first-order valence-electron chi connectivity index (χ1n) is 10.9. The summed E-state index contributed by atoms with van der Waals surface area (Å²) in [5.41, 5.74) is 1.80. The van der Waals surface area contributed by atoms with E-state index in [2.05, 4.69) is 4.90 Å². The van der Waals surface area contributed by atoms with Crippen molar-refractivity contribution >= 4 is 5.97 Å². The van der Waals surface area contributed by atoms with Gasteiger partial charge in [0.2, 0.25) is 0 Å². The summed E-state index contributed by atoms with van der Waals surface area (Å²) in [6.07, 6.45) is 1.31. The van der Waals surface area contributed by atoms with Crippen molar-refractivity contribution in [2.75, 3.05) is 26.8 Å². The molecule has 7 heteroatoms. The molecular weight excluding hydrogens is 396 g/mol. The van der Waals surface area contributed by atoms with Gasteiger partial charge in [-0.3, -0.25) is 14.5 Å². The molecule has 1 N–H and O–H groups in total. The summed E-state index contributed by atoms with van der Waals surface area (Å²) >= 11 is 0. The lowest BCUT2D eigenvalue weighted by Crippen LogP contribution is -2.42. The molecule has 0 saturated carbocycles. The van der Waals surface area contributed by atoms with Crippen molar-refractivity contribution in [1.82, 2.24) is 9.47 Å². The molecule has 2 aromatic rings. The highest BCUT2D eigenvalue weighted by molar-refractivity contribution is 5.72. The van der Waals surface area contributed by atoms with Gasteiger partial charge in [0.1, 0.15) is 11.5 Å². The number of benzene rings is 1. The zero-order chi connectivity index (χ0) is 22.5. The summed E-state index contributed by atoms with van der Waals surface area (Å²) in [5.74, 6) is 0.435. The van der Waals surface area contributed by atoms with E-state index in [0.717, 1.165) is 17.0 Å². The number of aromatic nitrogens is 1. The Morgan fingerprint density at radius 2 is 1.84 bits per heavy atom. The first kappa shape index (κ1) is 22.9. The third-order valence-corrected chi connectivity index (χ3v) is 6.06. The monoisotopic (exact) mass is 428 g/mol.